The molecule has 1 atom stereocenters. The van der Waals surface area contributed by atoms with Gasteiger partial charge in [-0.2, -0.15) is 0 Å². The van der Waals surface area contributed by atoms with Crippen LogP contribution in [-0.4, -0.2) is 21.4 Å². The number of amides is 2. The third-order valence-corrected chi connectivity index (χ3v) is 5.42. The molecular formula is C24H20Cl2N4O2. The molecule has 1 unspecified atom stereocenters. The Balaban J connectivity index is 1.58. The molecule has 0 radical (unpaired) electrons. The van der Waals surface area contributed by atoms with Crippen LogP contribution in [0.3, 0.4) is 0 Å². The van der Waals surface area contributed by atoms with Crippen molar-refractivity contribution in [1.29, 1.82) is 0 Å². The number of fused-ring (bicyclic) bond motifs is 1. The summed E-state index contributed by atoms with van der Waals surface area (Å²) in [5.41, 5.74) is 2.64. The van der Waals surface area contributed by atoms with Gasteiger partial charge in [0.25, 0.3) is 5.91 Å². The highest BCUT2D eigenvalue weighted by Gasteiger charge is 2.20. The van der Waals surface area contributed by atoms with Crippen LogP contribution in [0.15, 0.2) is 72.8 Å². The molecule has 3 aromatic carbocycles. The number of carbonyl (C=O) groups excluding carboxylic acids is 2. The molecule has 0 aliphatic carbocycles. The van der Waals surface area contributed by atoms with Crippen molar-refractivity contribution >= 4 is 51.7 Å². The molecule has 4 aromatic rings. The summed E-state index contributed by atoms with van der Waals surface area (Å²) in [6.07, 6.45) is 0. The minimum Gasteiger partial charge on any atom is -0.342 e. The van der Waals surface area contributed by atoms with E-state index >= 15 is 0 Å². The predicted molar refractivity (Wildman–Crippen MR) is 127 cm³/mol. The molecule has 4 rings (SSSR count). The highest BCUT2D eigenvalue weighted by atomic mass is 35.5. The second-order valence-corrected chi connectivity index (χ2v) is 8.18. The third-order valence-electron chi connectivity index (χ3n) is 4.94. The number of benzene rings is 3. The van der Waals surface area contributed by atoms with Gasteiger partial charge in [0, 0.05) is 21.3 Å². The minimum absolute atomic E-state index is 0.0313. The number of aromatic nitrogens is 2. The number of carbonyl (C=O) groups is 2. The molecule has 6 nitrogen and oxygen atoms in total. The Labute approximate surface area is 195 Å². The van der Waals surface area contributed by atoms with E-state index in [0.717, 1.165) is 11.0 Å². The van der Waals surface area contributed by atoms with Gasteiger partial charge in [-0.1, -0.05) is 41.4 Å². The number of imidazole rings is 1. The standard InChI is InChI=1S/C24H20Cl2N4O2/c1-15(27-24(32)16-9-11-17(25)12-10-16)23-29-20-7-2-3-8-21(20)30(23)14-22(31)28-19-6-4-5-18(26)13-19/h2-13,15H,14H2,1H3,(H,27,32)(H,28,31). The molecule has 162 valence electrons. The Hall–Kier alpha value is -3.35. The maximum absolute atomic E-state index is 12.8. The van der Waals surface area contributed by atoms with E-state index in [1.54, 1.807) is 48.5 Å². The summed E-state index contributed by atoms with van der Waals surface area (Å²) in [5, 5.41) is 6.90. The lowest BCUT2D eigenvalue weighted by Crippen LogP contribution is -2.30. The summed E-state index contributed by atoms with van der Waals surface area (Å²) >= 11 is 11.9. The number of hydrogen-bond acceptors (Lipinski definition) is 3. The molecule has 0 fully saturated rings. The summed E-state index contributed by atoms with van der Waals surface area (Å²) in [6.45, 7) is 1.87. The summed E-state index contributed by atoms with van der Waals surface area (Å²) in [5.74, 6) is 0.0961. The van der Waals surface area contributed by atoms with Crippen LogP contribution in [0.25, 0.3) is 11.0 Å². The van der Waals surface area contributed by atoms with E-state index in [9.17, 15) is 9.59 Å². The van der Waals surface area contributed by atoms with Crippen LogP contribution in [-0.2, 0) is 11.3 Å². The molecule has 32 heavy (non-hydrogen) atoms. The van der Waals surface area contributed by atoms with Crippen LogP contribution in [0.4, 0.5) is 5.69 Å². The van der Waals surface area contributed by atoms with Crippen LogP contribution < -0.4 is 10.6 Å². The first-order chi connectivity index (χ1) is 15.4. The average Bonchev–Trinajstić information content (AvgIpc) is 3.12. The van der Waals surface area contributed by atoms with Crippen LogP contribution in [0.5, 0.6) is 0 Å². The fourth-order valence-electron chi connectivity index (χ4n) is 3.45. The van der Waals surface area contributed by atoms with E-state index in [-0.39, 0.29) is 18.4 Å². The maximum atomic E-state index is 12.8. The molecular weight excluding hydrogens is 447 g/mol. The van der Waals surface area contributed by atoms with Crippen molar-refractivity contribution < 1.29 is 9.59 Å². The Bertz CT molecular complexity index is 1280. The van der Waals surface area contributed by atoms with E-state index in [0.29, 0.717) is 27.1 Å². The lowest BCUT2D eigenvalue weighted by atomic mass is 10.2. The predicted octanol–water partition coefficient (Wildman–Crippen LogP) is 5.47. The number of nitrogens with zero attached hydrogens (tertiary/aromatic N) is 2. The van der Waals surface area contributed by atoms with Gasteiger partial charge in [-0.15, -0.1) is 0 Å². The largest absolute Gasteiger partial charge is 0.342 e. The molecule has 1 heterocycles. The zero-order valence-electron chi connectivity index (χ0n) is 17.2. The minimum atomic E-state index is -0.440. The van der Waals surface area contributed by atoms with Crippen LogP contribution in [0.2, 0.25) is 10.0 Å². The Morgan fingerprint density at radius 1 is 0.969 bits per heavy atom. The Morgan fingerprint density at radius 2 is 1.72 bits per heavy atom. The average molecular weight is 467 g/mol. The topological polar surface area (TPSA) is 76.0 Å². The van der Waals surface area contributed by atoms with Crippen LogP contribution >= 0.6 is 23.2 Å². The van der Waals surface area contributed by atoms with Crippen molar-refractivity contribution in [1.82, 2.24) is 14.9 Å². The highest BCUT2D eigenvalue weighted by molar-refractivity contribution is 6.31. The SMILES string of the molecule is CC(NC(=O)c1ccc(Cl)cc1)c1nc2ccccc2n1CC(=O)Nc1cccc(Cl)c1. The number of rotatable bonds is 6. The molecule has 0 aliphatic rings. The van der Waals surface area contributed by atoms with Crippen molar-refractivity contribution in [2.24, 2.45) is 0 Å². The van der Waals surface area contributed by atoms with Gasteiger partial charge in [0.15, 0.2) is 0 Å². The third kappa shape index (κ3) is 4.93. The number of hydrogen-bond donors (Lipinski definition) is 2. The van der Waals surface area contributed by atoms with Gasteiger partial charge in [-0.05, 0) is 61.5 Å². The van der Waals surface area contributed by atoms with Crippen molar-refractivity contribution in [3.05, 3.63) is 94.2 Å². The molecule has 0 aliphatic heterocycles. The second-order valence-electron chi connectivity index (χ2n) is 7.31. The van der Waals surface area contributed by atoms with Gasteiger partial charge in [0.1, 0.15) is 12.4 Å². The van der Waals surface area contributed by atoms with E-state index in [1.807, 2.05) is 35.8 Å². The summed E-state index contributed by atoms with van der Waals surface area (Å²) in [7, 11) is 0. The van der Waals surface area contributed by atoms with E-state index < -0.39 is 6.04 Å². The summed E-state index contributed by atoms with van der Waals surface area (Å²) < 4.78 is 1.81. The van der Waals surface area contributed by atoms with Gasteiger partial charge in [0.2, 0.25) is 5.91 Å². The summed E-state index contributed by atoms with van der Waals surface area (Å²) in [4.78, 5) is 30.1. The fourth-order valence-corrected chi connectivity index (χ4v) is 3.76. The van der Waals surface area contributed by atoms with Gasteiger partial charge in [-0.3, -0.25) is 9.59 Å². The first-order valence-corrected chi connectivity index (χ1v) is 10.7. The van der Waals surface area contributed by atoms with Crippen molar-refractivity contribution in [3.8, 4) is 0 Å². The maximum Gasteiger partial charge on any atom is 0.251 e. The van der Waals surface area contributed by atoms with Crippen molar-refractivity contribution in [2.45, 2.75) is 19.5 Å². The molecule has 8 heteroatoms. The molecule has 2 amide bonds. The van der Waals surface area contributed by atoms with E-state index in [2.05, 4.69) is 15.6 Å². The Kier molecular flexibility index (Phi) is 6.44. The smallest absolute Gasteiger partial charge is 0.251 e. The van der Waals surface area contributed by atoms with E-state index in [4.69, 9.17) is 23.2 Å². The molecule has 2 N–H and O–H groups in total. The molecule has 1 aromatic heterocycles. The number of para-hydroxylation sites is 2. The van der Waals surface area contributed by atoms with Crippen molar-refractivity contribution in [3.63, 3.8) is 0 Å². The van der Waals surface area contributed by atoms with Gasteiger partial charge < -0.3 is 15.2 Å². The first-order valence-electron chi connectivity index (χ1n) is 9.98. The van der Waals surface area contributed by atoms with Crippen LogP contribution in [0, 0.1) is 0 Å². The number of halogens is 2. The Morgan fingerprint density at radius 3 is 2.47 bits per heavy atom. The van der Waals surface area contributed by atoms with Crippen molar-refractivity contribution in [2.75, 3.05) is 5.32 Å². The van der Waals surface area contributed by atoms with Gasteiger partial charge in [0.05, 0.1) is 17.1 Å². The highest BCUT2D eigenvalue weighted by Crippen LogP contribution is 2.22. The van der Waals surface area contributed by atoms with Crippen LogP contribution in [0.1, 0.15) is 29.1 Å². The summed E-state index contributed by atoms with van der Waals surface area (Å²) in [6, 6.07) is 20.7. The zero-order valence-corrected chi connectivity index (χ0v) is 18.7. The molecule has 0 saturated heterocycles. The van der Waals surface area contributed by atoms with E-state index in [1.165, 1.54) is 0 Å². The number of anilines is 1. The second kappa shape index (κ2) is 9.42. The molecule has 0 saturated carbocycles. The van der Waals surface area contributed by atoms with Gasteiger partial charge in [-0.25, -0.2) is 4.98 Å². The van der Waals surface area contributed by atoms with Gasteiger partial charge >= 0.3 is 0 Å². The monoisotopic (exact) mass is 466 g/mol. The quantitative estimate of drug-likeness (QED) is 0.395. The normalized spacial score (nSPS) is 11.8. The number of nitrogens with one attached hydrogen (secondary N) is 2. The molecule has 0 spiro atoms. The lowest BCUT2D eigenvalue weighted by molar-refractivity contribution is -0.116. The lowest BCUT2D eigenvalue weighted by Gasteiger charge is -2.16. The fraction of sp³-hybridized carbons (Fsp3) is 0.125. The first kappa shape index (κ1) is 21.9. The molecule has 0 bridgehead atoms. The zero-order chi connectivity index (χ0) is 22.7.